The predicted octanol–water partition coefficient (Wildman–Crippen LogP) is 0.875. The summed E-state index contributed by atoms with van der Waals surface area (Å²) >= 11 is 5.65. The lowest BCUT2D eigenvalue weighted by molar-refractivity contribution is 0.186. The highest BCUT2D eigenvalue weighted by atomic mass is 35.5. The average Bonchev–Trinajstić information content (AvgIpc) is 2.13. The van der Waals surface area contributed by atoms with E-state index in [1.54, 1.807) is 0 Å². The SMILES string of the molecule is CS(=O)(=O)c1c(F)cc(C(O)CN)cc1Cl. The van der Waals surface area contributed by atoms with Gasteiger partial charge in [-0.05, 0) is 17.7 Å². The molecule has 0 saturated heterocycles. The number of nitrogens with two attached hydrogens (primary N) is 1. The highest BCUT2D eigenvalue weighted by molar-refractivity contribution is 7.90. The first-order valence-electron chi connectivity index (χ1n) is 4.34. The minimum atomic E-state index is -3.73. The molecule has 0 aliphatic rings. The molecule has 0 heterocycles. The Morgan fingerprint density at radius 3 is 2.50 bits per heavy atom. The summed E-state index contributed by atoms with van der Waals surface area (Å²) in [7, 11) is -3.73. The molecule has 1 rings (SSSR count). The van der Waals surface area contributed by atoms with Gasteiger partial charge in [0.05, 0.1) is 11.1 Å². The molecule has 0 aromatic heterocycles. The van der Waals surface area contributed by atoms with Crippen molar-refractivity contribution in [2.75, 3.05) is 12.8 Å². The Morgan fingerprint density at radius 1 is 1.56 bits per heavy atom. The van der Waals surface area contributed by atoms with Gasteiger partial charge in [0.15, 0.2) is 9.84 Å². The second kappa shape index (κ2) is 4.67. The smallest absolute Gasteiger partial charge is 0.179 e. The molecule has 0 aliphatic heterocycles. The van der Waals surface area contributed by atoms with E-state index in [2.05, 4.69) is 0 Å². The van der Waals surface area contributed by atoms with Crippen LogP contribution in [0, 0.1) is 5.82 Å². The zero-order valence-corrected chi connectivity index (χ0v) is 10.0. The van der Waals surface area contributed by atoms with Crippen molar-refractivity contribution in [2.24, 2.45) is 5.73 Å². The summed E-state index contributed by atoms with van der Waals surface area (Å²) in [6.45, 7) is -0.103. The molecule has 1 atom stereocenters. The van der Waals surface area contributed by atoms with Crippen molar-refractivity contribution in [1.29, 1.82) is 0 Å². The van der Waals surface area contributed by atoms with Crippen LogP contribution in [0.2, 0.25) is 5.02 Å². The van der Waals surface area contributed by atoms with Gasteiger partial charge in [0.25, 0.3) is 0 Å². The number of rotatable bonds is 3. The van der Waals surface area contributed by atoms with Gasteiger partial charge in [0, 0.05) is 12.8 Å². The monoisotopic (exact) mass is 267 g/mol. The summed E-state index contributed by atoms with van der Waals surface area (Å²) in [5, 5.41) is 9.11. The van der Waals surface area contributed by atoms with Crippen LogP contribution in [-0.4, -0.2) is 26.3 Å². The summed E-state index contributed by atoms with van der Waals surface area (Å²) in [6.07, 6.45) is -0.211. The van der Waals surface area contributed by atoms with E-state index in [1.165, 1.54) is 6.07 Å². The molecule has 90 valence electrons. The van der Waals surface area contributed by atoms with Crippen LogP contribution in [0.15, 0.2) is 17.0 Å². The largest absolute Gasteiger partial charge is 0.387 e. The van der Waals surface area contributed by atoms with Gasteiger partial charge < -0.3 is 10.8 Å². The molecule has 4 nitrogen and oxygen atoms in total. The van der Waals surface area contributed by atoms with Crippen LogP contribution < -0.4 is 5.73 Å². The van der Waals surface area contributed by atoms with Crippen molar-refractivity contribution in [3.05, 3.63) is 28.5 Å². The maximum absolute atomic E-state index is 13.5. The lowest BCUT2D eigenvalue weighted by Crippen LogP contribution is -2.12. The molecular formula is C9H11ClFNO3S. The predicted molar refractivity (Wildman–Crippen MR) is 58.5 cm³/mol. The number of hydrogen-bond donors (Lipinski definition) is 2. The van der Waals surface area contributed by atoms with Gasteiger partial charge >= 0.3 is 0 Å². The Hall–Kier alpha value is -0.690. The number of aliphatic hydroxyl groups excluding tert-OH is 1. The average molecular weight is 268 g/mol. The first-order chi connectivity index (χ1) is 7.27. The summed E-state index contributed by atoms with van der Waals surface area (Å²) in [6, 6.07) is 2.11. The molecule has 0 aliphatic carbocycles. The van der Waals surface area contributed by atoms with E-state index in [9.17, 15) is 17.9 Å². The van der Waals surface area contributed by atoms with E-state index in [0.29, 0.717) is 0 Å². The summed E-state index contributed by atoms with van der Waals surface area (Å²) in [5.74, 6) is -0.988. The Bertz CT molecular complexity index is 480. The molecule has 1 unspecified atom stereocenters. The fraction of sp³-hybridized carbons (Fsp3) is 0.333. The van der Waals surface area contributed by atoms with Crippen LogP contribution >= 0.6 is 11.6 Å². The van der Waals surface area contributed by atoms with Crippen LogP contribution in [0.25, 0.3) is 0 Å². The van der Waals surface area contributed by atoms with E-state index in [0.717, 1.165) is 12.3 Å². The first kappa shape index (κ1) is 13.4. The van der Waals surface area contributed by atoms with Crippen molar-refractivity contribution >= 4 is 21.4 Å². The summed E-state index contributed by atoms with van der Waals surface area (Å²) < 4.78 is 35.9. The number of benzene rings is 1. The van der Waals surface area contributed by atoms with Crippen molar-refractivity contribution in [3.63, 3.8) is 0 Å². The lowest BCUT2D eigenvalue weighted by Gasteiger charge is -2.11. The fourth-order valence-electron chi connectivity index (χ4n) is 1.26. The molecular weight excluding hydrogens is 257 g/mol. The molecule has 1 aromatic carbocycles. The van der Waals surface area contributed by atoms with E-state index < -0.39 is 26.7 Å². The van der Waals surface area contributed by atoms with Crippen molar-refractivity contribution in [3.8, 4) is 0 Å². The zero-order valence-electron chi connectivity index (χ0n) is 8.44. The fourth-order valence-corrected chi connectivity index (χ4v) is 2.73. The summed E-state index contributed by atoms with van der Waals surface area (Å²) in [5.41, 5.74) is 5.34. The van der Waals surface area contributed by atoms with Crippen molar-refractivity contribution < 1.29 is 17.9 Å². The van der Waals surface area contributed by atoms with Crippen LogP contribution in [0.5, 0.6) is 0 Å². The van der Waals surface area contributed by atoms with E-state index >= 15 is 0 Å². The van der Waals surface area contributed by atoms with Gasteiger partial charge in [-0.25, -0.2) is 12.8 Å². The van der Waals surface area contributed by atoms with Gasteiger partial charge in [-0.3, -0.25) is 0 Å². The number of sulfone groups is 1. The summed E-state index contributed by atoms with van der Waals surface area (Å²) in [4.78, 5) is -0.567. The van der Waals surface area contributed by atoms with Crippen LogP contribution in [0.1, 0.15) is 11.7 Å². The van der Waals surface area contributed by atoms with E-state index in [1.807, 2.05) is 0 Å². The van der Waals surface area contributed by atoms with Gasteiger partial charge in [-0.15, -0.1) is 0 Å². The standard InChI is InChI=1S/C9H11ClFNO3S/c1-16(14,15)9-6(10)2-5(3-7(9)11)8(13)4-12/h2-3,8,13H,4,12H2,1H3. The zero-order chi connectivity index (χ0) is 12.5. The molecule has 0 amide bonds. The Morgan fingerprint density at radius 2 is 2.12 bits per heavy atom. The van der Waals surface area contributed by atoms with Gasteiger partial charge in [0.2, 0.25) is 0 Å². The molecule has 3 N–H and O–H groups in total. The first-order valence-corrected chi connectivity index (χ1v) is 6.61. The van der Waals surface area contributed by atoms with Gasteiger partial charge in [-0.2, -0.15) is 0 Å². The third-order valence-electron chi connectivity index (χ3n) is 2.00. The number of hydrogen-bond acceptors (Lipinski definition) is 4. The van der Waals surface area contributed by atoms with E-state index in [4.69, 9.17) is 17.3 Å². The second-order valence-electron chi connectivity index (χ2n) is 3.34. The van der Waals surface area contributed by atoms with Gasteiger partial charge in [0.1, 0.15) is 10.7 Å². The van der Waals surface area contributed by atoms with Crippen LogP contribution in [0.3, 0.4) is 0 Å². The Labute approximate surface area is 97.8 Å². The van der Waals surface area contributed by atoms with Gasteiger partial charge in [-0.1, -0.05) is 11.6 Å². The van der Waals surface area contributed by atoms with Crippen molar-refractivity contribution in [1.82, 2.24) is 0 Å². The highest BCUT2D eigenvalue weighted by Gasteiger charge is 2.20. The van der Waals surface area contributed by atoms with E-state index in [-0.39, 0.29) is 17.1 Å². The molecule has 0 fully saturated rings. The molecule has 1 aromatic rings. The Kier molecular flexibility index (Phi) is 3.90. The normalized spacial score (nSPS) is 13.8. The third kappa shape index (κ3) is 2.70. The van der Waals surface area contributed by atoms with Crippen molar-refractivity contribution in [2.45, 2.75) is 11.0 Å². The maximum atomic E-state index is 13.5. The topological polar surface area (TPSA) is 80.4 Å². The molecule has 7 heteroatoms. The minimum Gasteiger partial charge on any atom is -0.387 e. The molecule has 0 bridgehead atoms. The number of halogens is 2. The Balaban J connectivity index is 3.40. The van der Waals surface area contributed by atoms with Crippen LogP contribution in [-0.2, 0) is 9.84 Å². The molecule has 0 saturated carbocycles. The molecule has 0 spiro atoms. The molecule has 0 radical (unpaired) electrons. The minimum absolute atomic E-state index is 0.103. The second-order valence-corrected chi connectivity index (χ2v) is 5.70. The quantitative estimate of drug-likeness (QED) is 0.852. The van der Waals surface area contributed by atoms with Crippen LogP contribution in [0.4, 0.5) is 4.39 Å². The highest BCUT2D eigenvalue weighted by Crippen LogP contribution is 2.28. The molecule has 16 heavy (non-hydrogen) atoms. The number of aliphatic hydroxyl groups is 1. The maximum Gasteiger partial charge on any atom is 0.179 e. The lowest BCUT2D eigenvalue weighted by atomic mass is 10.1. The third-order valence-corrected chi connectivity index (χ3v) is 3.57.